The van der Waals surface area contributed by atoms with Gasteiger partial charge in [-0.15, -0.1) is 0 Å². The van der Waals surface area contributed by atoms with Gasteiger partial charge in [-0.3, -0.25) is 25.2 Å². The fraction of sp³-hybridized carbons (Fsp3) is 0.278. The van der Waals surface area contributed by atoms with Crippen LogP contribution in [0.5, 0.6) is 0 Å². The van der Waals surface area contributed by atoms with E-state index < -0.39 is 0 Å². The molecule has 1 aliphatic rings. The molecule has 24 heavy (non-hydrogen) atoms. The fourth-order valence-corrected chi connectivity index (χ4v) is 2.36. The first-order valence-corrected chi connectivity index (χ1v) is 7.99. The fourth-order valence-electron chi connectivity index (χ4n) is 2.36. The van der Waals surface area contributed by atoms with Crippen LogP contribution in [-0.2, 0) is 9.59 Å². The number of hydrazine groups is 1. The van der Waals surface area contributed by atoms with Crippen LogP contribution in [0, 0.1) is 5.92 Å². The zero-order valence-corrected chi connectivity index (χ0v) is 13.2. The van der Waals surface area contributed by atoms with E-state index in [2.05, 4.69) is 16.2 Å². The molecule has 0 heterocycles. The highest BCUT2D eigenvalue weighted by Gasteiger charge is 2.29. The maximum atomic E-state index is 12.1. The first-order chi connectivity index (χ1) is 11.6. The van der Waals surface area contributed by atoms with Gasteiger partial charge in [0.2, 0.25) is 11.8 Å². The number of hydrogen-bond donors (Lipinski definition) is 3. The van der Waals surface area contributed by atoms with Crippen LogP contribution in [0.25, 0.3) is 10.8 Å². The molecule has 0 aliphatic heterocycles. The number of benzene rings is 2. The van der Waals surface area contributed by atoms with Crippen LogP contribution in [0.3, 0.4) is 0 Å². The summed E-state index contributed by atoms with van der Waals surface area (Å²) >= 11 is 0. The summed E-state index contributed by atoms with van der Waals surface area (Å²) in [6.07, 6.45) is 1.86. The van der Waals surface area contributed by atoms with Crippen molar-refractivity contribution in [1.29, 1.82) is 0 Å². The molecule has 3 amide bonds. The lowest BCUT2D eigenvalue weighted by atomic mass is 10.1. The predicted octanol–water partition coefficient (Wildman–Crippen LogP) is 1.52. The van der Waals surface area contributed by atoms with Gasteiger partial charge in [0.1, 0.15) is 0 Å². The summed E-state index contributed by atoms with van der Waals surface area (Å²) in [4.78, 5) is 35.1. The molecule has 6 nitrogen and oxygen atoms in total. The standard InChI is InChI=1S/C18H19N3O3/c22-16(20-21-18(24)13-6-7-13)9-10-19-17(23)15-8-5-12-3-1-2-4-14(12)11-15/h1-5,8,11,13H,6-7,9-10H2,(H,19,23)(H,20,22)(H,21,24). The monoisotopic (exact) mass is 325 g/mol. The second-order valence-corrected chi connectivity index (χ2v) is 5.88. The van der Waals surface area contributed by atoms with E-state index >= 15 is 0 Å². The summed E-state index contributed by atoms with van der Waals surface area (Å²) in [5.41, 5.74) is 5.29. The zero-order valence-electron chi connectivity index (χ0n) is 13.2. The first-order valence-electron chi connectivity index (χ1n) is 7.99. The van der Waals surface area contributed by atoms with E-state index in [1.54, 1.807) is 6.07 Å². The van der Waals surface area contributed by atoms with Crippen LogP contribution in [0.2, 0.25) is 0 Å². The van der Waals surface area contributed by atoms with Gasteiger partial charge < -0.3 is 5.32 Å². The van der Waals surface area contributed by atoms with Crippen LogP contribution in [0.4, 0.5) is 0 Å². The van der Waals surface area contributed by atoms with E-state index in [1.165, 1.54) is 0 Å². The number of rotatable bonds is 5. The van der Waals surface area contributed by atoms with Crippen molar-refractivity contribution in [2.75, 3.05) is 6.54 Å². The Labute approximate surface area is 139 Å². The molecule has 1 saturated carbocycles. The number of amides is 3. The molecule has 2 aromatic carbocycles. The van der Waals surface area contributed by atoms with Gasteiger partial charge in [0, 0.05) is 24.4 Å². The van der Waals surface area contributed by atoms with Crippen molar-refractivity contribution in [2.45, 2.75) is 19.3 Å². The van der Waals surface area contributed by atoms with E-state index in [9.17, 15) is 14.4 Å². The molecular weight excluding hydrogens is 306 g/mol. The molecule has 1 fully saturated rings. The summed E-state index contributed by atoms with van der Waals surface area (Å²) in [5, 5.41) is 4.77. The van der Waals surface area contributed by atoms with Crippen molar-refractivity contribution < 1.29 is 14.4 Å². The van der Waals surface area contributed by atoms with Gasteiger partial charge in [-0.25, -0.2) is 0 Å². The second kappa shape index (κ2) is 7.12. The molecule has 0 saturated heterocycles. The molecule has 2 aromatic rings. The Bertz CT molecular complexity index is 784. The normalized spacial score (nSPS) is 13.3. The molecule has 3 N–H and O–H groups in total. The van der Waals surface area contributed by atoms with E-state index in [0.29, 0.717) is 5.56 Å². The number of fused-ring (bicyclic) bond motifs is 1. The Morgan fingerprint density at radius 3 is 2.46 bits per heavy atom. The van der Waals surface area contributed by atoms with Gasteiger partial charge >= 0.3 is 0 Å². The molecule has 0 radical (unpaired) electrons. The van der Waals surface area contributed by atoms with Gasteiger partial charge in [0.05, 0.1) is 0 Å². The van der Waals surface area contributed by atoms with Crippen molar-refractivity contribution in [3.8, 4) is 0 Å². The number of carbonyl (C=O) groups excluding carboxylic acids is 3. The maximum Gasteiger partial charge on any atom is 0.251 e. The van der Waals surface area contributed by atoms with Crippen LogP contribution in [-0.4, -0.2) is 24.3 Å². The van der Waals surface area contributed by atoms with E-state index in [0.717, 1.165) is 23.6 Å². The summed E-state index contributed by atoms with van der Waals surface area (Å²) in [6, 6.07) is 13.3. The Hall–Kier alpha value is -2.89. The highest BCUT2D eigenvalue weighted by Crippen LogP contribution is 2.28. The molecule has 0 bridgehead atoms. The summed E-state index contributed by atoms with van der Waals surface area (Å²) in [7, 11) is 0. The average Bonchev–Trinajstić information content (AvgIpc) is 3.44. The van der Waals surface area contributed by atoms with Crippen LogP contribution < -0.4 is 16.2 Å². The molecular formula is C18H19N3O3. The highest BCUT2D eigenvalue weighted by molar-refractivity contribution is 5.98. The predicted molar refractivity (Wildman–Crippen MR) is 89.9 cm³/mol. The maximum absolute atomic E-state index is 12.1. The molecule has 124 valence electrons. The third-order valence-corrected chi connectivity index (χ3v) is 3.92. The zero-order chi connectivity index (χ0) is 16.9. The quantitative estimate of drug-likeness (QED) is 0.728. The van der Waals surface area contributed by atoms with Crippen LogP contribution in [0.1, 0.15) is 29.6 Å². The van der Waals surface area contributed by atoms with E-state index in [1.807, 2.05) is 36.4 Å². The summed E-state index contributed by atoms with van der Waals surface area (Å²) in [6.45, 7) is 0.205. The topological polar surface area (TPSA) is 87.3 Å². The largest absolute Gasteiger partial charge is 0.352 e. The SMILES string of the molecule is O=C(CCNC(=O)c1ccc2ccccc2c1)NNC(=O)C1CC1. The lowest BCUT2D eigenvalue weighted by Gasteiger charge is -2.08. The van der Waals surface area contributed by atoms with Crippen LogP contribution in [0.15, 0.2) is 42.5 Å². The smallest absolute Gasteiger partial charge is 0.251 e. The number of hydrogen-bond acceptors (Lipinski definition) is 3. The second-order valence-electron chi connectivity index (χ2n) is 5.88. The number of nitrogens with one attached hydrogen (secondary N) is 3. The van der Waals surface area contributed by atoms with Crippen molar-refractivity contribution >= 4 is 28.5 Å². The van der Waals surface area contributed by atoms with Crippen molar-refractivity contribution in [3.05, 3.63) is 48.0 Å². The summed E-state index contributed by atoms with van der Waals surface area (Å²) in [5.74, 6) is -0.667. The Kier molecular flexibility index (Phi) is 4.74. The van der Waals surface area contributed by atoms with Crippen LogP contribution >= 0.6 is 0 Å². The summed E-state index contributed by atoms with van der Waals surface area (Å²) < 4.78 is 0. The molecule has 1 aliphatic carbocycles. The van der Waals surface area contributed by atoms with Gasteiger partial charge in [0.15, 0.2) is 0 Å². The van der Waals surface area contributed by atoms with E-state index in [-0.39, 0.29) is 36.6 Å². The lowest BCUT2D eigenvalue weighted by Crippen LogP contribution is -2.43. The molecule has 0 spiro atoms. The van der Waals surface area contributed by atoms with Gasteiger partial charge in [-0.1, -0.05) is 30.3 Å². The van der Waals surface area contributed by atoms with Gasteiger partial charge in [-0.2, -0.15) is 0 Å². The van der Waals surface area contributed by atoms with Crippen molar-refractivity contribution in [3.63, 3.8) is 0 Å². The third-order valence-electron chi connectivity index (χ3n) is 3.92. The van der Waals surface area contributed by atoms with Crippen molar-refractivity contribution in [2.24, 2.45) is 5.92 Å². The molecule has 0 unspecified atom stereocenters. The molecule has 0 aromatic heterocycles. The first kappa shape index (κ1) is 16.0. The minimum Gasteiger partial charge on any atom is -0.352 e. The lowest BCUT2D eigenvalue weighted by molar-refractivity contribution is -0.129. The molecule has 3 rings (SSSR count). The molecule has 0 atom stereocenters. The molecule has 6 heteroatoms. The van der Waals surface area contributed by atoms with Crippen molar-refractivity contribution in [1.82, 2.24) is 16.2 Å². The van der Waals surface area contributed by atoms with E-state index in [4.69, 9.17) is 0 Å². The Morgan fingerprint density at radius 1 is 0.958 bits per heavy atom. The highest BCUT2D eigenvalue weighted by atomic mass is 16.2. The van der Waals surface area contributed by atoms with Gasteiger partial charge in [0.25, 0.3) is 5.91 Å². The van der Waals surface area contributed by atoms with Gasteiger partial charge in [-0.05, 0) is 35.7 Å². The Morgan fingerprint density at radius 2 is 1.71 bits per heavy atom. The number of carbonyl (C=O) groups is 3. The third kappa shape index (κ3) is 4.10. The minimum absolute atomic E-state index is 0.0397. The minimum atomic E-state index is -0.331. The average molecular weight is 325 g/mol. The Balaban J connectivity index is 1.44.